The molecule has 0 bridgehead atoms. The van der Waals surface area contributed by atoms with Gasteiger partial charge in [-0.1, -0.05) is 24.3 Å². The first-order valence-electron chi connectivity index (χ1n) is 5.11. The summed E-state index contributed by atoms with van der Waals surface area (Å²) in [6, 6.07) is 16.9. The zero-order chi connectivity index (χ0) is 10.8. The van der Waals surface area contributed by atoms with Crippen LogP contribution in [0.25, 0.3) is 22.2 Å². The third kappa shape index (κ3) is 1.54. The second-order valence-electron chi connectivity index (χ2n) is 3.54. The van der Waals surface area contributed by atoms with Crippen molar-refractivity contribution in [1.82, 2.24) is 9.97 Å². The molecule has 75 valence electrons. The molecule has 2 heterocycles. The molecule has 0 spiro atoms. The molecule has 0 saturated heterocycles. The van der Waals surface area contributed by atoms with Gasteiger partial charge in [0.15, 0.2) is 0 Å². The SMILES string of the molecule is [c]1ccccc1-c1cnc2cccnc2c1. The first-order chi connectivity index (χ1) is 7.93. The lowest BCUT2D eigenvalue weighted by Crippen LogP contribution is -1.84. The summed E-state index contributed by atoms with van der Waals surface area (Å²) in [6.07, 6.45) is 3.64. The minimum absolute atomic E-state index is 0.914. The van der Waals surface area contributed by atoms with Crippen LogP contribution in [-0.4, -0.2) is 9.97 Å². The van der Waals surface area contributed by atoms with E-state index >= 15 is 0 Å². The maximum Gasteiger partial charge on any atom is 0.0892 e. The quantitative estimate of drug-likeness (QED) is 0.610. The summed E-state index contributed by atoms with van der Waals surface area (Å²) < 4.78 is 0. The molecule has 2 nitrogen and oxygen atoms in total. The highest BCUT2D eigenvalue weighted by molar-refractivity contribution is 5.79. The van der Waals surface area contributed by atoms with E-state index in [9.17, 15) is 0 Å². The predicted molar refractivity (Wildman–Crippen MR) is 63.8 cm³/mol. The normalized spacial score (nSPS) is 10.5. The van der Waals surface area contributed by atoms with Gasteiger partial charge in [0.2, 0.25) is 0 Å². The summed E-state index contributed by atoms with van der Waals surface area (Å²) in [5.74, 6) is 0. The van der Waals surface area contributed by atoms with E-state index in [2.05, 4.69) is 16.0 Å². The molecule has 2 aromatic heterocycles. The fourth-order valence-corrected chi connectivity index (χ4v) is 1.67. The molecular formula is C14H9N2. The lowest BCUT2D eigenvalue weighted by Gasteiger charge is -2.01. The van der Waals surface area contributed by atoms with Crippen molar-refractivity contribution in [2.45, 2.75) is 0 Å². The number of hydrogen-bond donors (Lipinski definition) is 0. The lowest BCUT2D eigenvalue weighted by atomic mass is 10.1. The van der Waals surface area contributed by atoms with Crippen LogP contribution in [0.5, 0.6) is 0 Å². The molecule has 2 heteroatoms. The van der Waals surface area contributed by atoms with Gasteiger partial charge in [0.25, 0.3) is 0 Å². The zero-order valence-electron chi connectivity index (χ0n) is 8.59. The smallest absolute Gasteiger partial charge is 0.0892 e. The van der Waals surface area contributed by atoms with E-state index in [4.69, 9.17) is 0 Å². The van der Waals surface area contributed by atoms with Gasteiger partial charge >= 0.3 is 0 Å². The van der Waals surface area contributed by atoms with Crippen LogP contribution in [0.3, 0.4) is 0 Å². The topological polar surface area (TPSA) is 25.8 Å². The maximum absolute atomic E-state index is 4.38. The van der Waals surface area contributed by atoms with Crippen LogP contribution >= 0.6 is 0 Å². The van der Waals surface area contributed by atoms with E-state index in [0.717, 1.165) is 22.2 Å². The Morgan fingerprint density at radius 3 is 2.81 bits per heavy atom. The Balaban J connectivity index is 2.19. The summed E-state index contributed by atoms with van der Waals surface area (Å²) in [5, 5.41) is 0. The molecule has 0 fully saturated rings. The highest BCUT2D eigenvalue weighted by Gasteiger charge is 2.00. The fraction of sp³-hybridized carbons (Fsp3) is 0. The second-order valence-corrected chi connectivity index (χ2v) is 3.54. The van der Waals surface area contributed by atoms with Crippen molar-refractivity contribution in [3.8, 4) is 11.1 Å². The van der Waals surface area contributed by atoms with Crippen LogP contribution in [0.1, 0.15) is 0 Å². The highest BCUT2D eigenvalue weighted by Crippen LogP contribution is 2.20. The van der Waals surface area contributed by atoms with E-state index in [1.165, 1.54) is 0 Å². The molecular weight excluding hydrogens is 196 g/mol. The van der Waals surface area contributed by atoms with Gasteiger partial charge in [-0.15, -0.1) is 0 Å². The van der Waals surface area contributed by atoms with Crippen molar-refractivity contribution < 1.29 is 0 Å². The van der Waals surface area contributed by atoms with Crippen molar-refractivity contribution in [2.24, 2.45) is 0 Å². The number of rotatable bonds is 1. The summed E-state index contributed by atoms with van der Waals surface area (Å²) in [5.41, 5.74) is 3.92. The molecule has 0 amide bonds. The van der Waals surface area contributed by atoms with Crippen LogP contribution in [0.2, 0.25) is 0 Å². The summed E-state index contributed by atoms with van der Waals surface area (Å²) in [6.45, 7) is 0. The molecule has 0 atom stereocenters. The largest absolute Gasteiger partial charge is 0.255 e. The third-order valence-corrected chi connectivity index (χ3v) is 2.47. The average Bonchev–Trinajstić information content (AvgIpc) is 2.39. The number of aromatic nitrogens is 2. The van der Waals surface area contributed by atoms with E-state index in [1.807, 2.05) is 48.7 Å². The van der Waals surface area contributed by atoms with Gasteiger partial charge in [0.1, 0.15) is 0 Å². The summed E-state index contributed by atoms with van der Waals surface area (Å²) in [4.78, 5) is 8.67. The Labute approximate surface area is 93.6 Å². The third-order valence-electron chi connectivity index (χ3n) is 2.47. The van der Waals surface area contributed by atoms with Gasteiger partial charge in [-0.2, -0.15) is 0 Å². The molecule has 0 aliphatic carbocycles. The van der Waals surface area contributed by atoms with E-state index in [1.54, 1.807) is 6.20 Å². The van der Waals surface area contributed by atoms with Gasteiger partial charge in [-0.3, -0.25) is 9.97 Å². The number of hydrogen-bond acceptors (Lipinski definition) is 2. The molecule has 0 aliphatic heterocycles. The monoisotopic (exact) mass is 205 g/mol. The van der Waals surface area contributed by atoms with Crippen LogP contribution in [0.15, 0.2) is 54.9 Å². The standard InChI is InChI=1S/C14H9N2/c1-2-5-11(6-3-1)12-9-14-13(16-10-12)7-4-8-15-14/h1-5,7-10H. The lowest BCUT2D eigenvalue weighted by molar-refractivity contribution is 1.34. The molecule has 0 saturated carbocycles. The van der Waals surface area contributed by atoms with Crippen LogP contribution < -0.4 is 0 Å². The summed E-state index contributed by atoms with van der Waals surface area (Å²) >= 11 is 0. The number of nitrogens with zero attached hydrogens (tertiary/aromatic N) is 2. The Kier molecular flexibility index (Phi) is 2.11. The molecule has 3 rings (SSSR count). The van der Waals surface area contributed by atoms with Gasteiger partial charge < -0.3 is 0 Å². The average molecular weight is 205 g/mol. The minimum Gasteiger partial charge on any atom is -0.255 e. The minimum atomic E-state index is 0.914. The van der Waals surface area contributed by atoms with Crippen molar-refractivity contribution in [1.29, 1.82) is 0 Å². The first kappa shape index (κ1) is 9.04. The predicted octanol–water partition coefficient (Wildman–Crippen LogP) is 3.10. The fourth-order valence-electron chi connectivity index (χ4n) is 1.67. The van der Waals surface area contributed by atoms with Crippen molar-refractivity contribution >= 4 is 11.0 Å². The molecule has 1 aromatic carbocycles. The van der Waals surface area contributed by atoms with Crippen LogP contribution in [0, 0.1) is 6.07 Å². The van der Waals surface area contributed by atoms with Gasteiger partial charge in [0.05, 0.1) is 11.0 Å². The maximum atomic E-state index is 4.38. The van der Waals surface area contributed by atoms with E-state index in [0.29, 0.717) is 0 Å². The van der Waals surface area contributed by atoms with Crippen molar-refractivity contribution in [3.63, 3.8) is 0 Å². The van der Waals surface area contributed by atoms with E-state index < -0.39 is 0 Å². The van der Waals surface area contributed by atoms with Crippen LogP contribution in [0.4, 0.5) is 0 Å². The molecule has 3 aromatic rings. The zero-order valence-corrected chi connectivity index (χ0v) is 8.59. The van der Waals surface area contributed by atoms with Crippen molar-refractivity contribution in [2.75, 3.05) is 0 Å². The van der Waals surface area contributed by atoms with Gasteiger partial charge in [0, 0.05) is 18.0 Å². The molecule has 0 aliphatic rings. The van der Waals surface area contributed by atoms with Crippen LogP contribution in [-0.2, 0) is 0 Å². The van der Waals surface area contributed by atoms with E-state index in [-0.39, 0.29) is 0 Å². The number of fused-ring (bicyclic) bond motifs is 1. The van der Waals surface area contributed by atoms with Gasteiger partial charge in [-0.25, -0.2) is 0 Å². The summed E-state index contributed by atoms with van der Waals surface area (Å²) in [7, 11) is 0. The highest BCUT2D eigenvalue weighted by atomic mass is 14.7. The Hall–Kier alpha value is -2.22. The number of benzene rings is 1. The molecule has 0 N–H and O–H groups in total. The Morgan fingerprint density at radius 1 is 0.938 bits per heavy atom. The first-order valence-corrected chi connectivity index (χ1v) is 5.11. The molecule has 0 unspecified atom stereocenters. The Bertz CT molecular complexity index is 618. The molecule has 16 heavy (non-hydrogen) atoms. The van der Waals surface area contributed by atoms with Crippen molar-refractivity contribution in [3.05, 3.63) is 60.9 Å². The Morgan fingerprint density at radius 2 is 1.94 bits per heavy atom. The van der Waals surface area contributed by atoms with Gasteiger partial charge in [-0.05, 0) is 29.8 Å². The molecule has 1 radical (unpaired) electrons. The number of pyridine rings is 2. The second kappa shape index (κ2) is 3.74.